The maximum absolute atomic E-state index is 6.07. The quantitative estimate of drug-likeness (QED) is 0.0545. The average Bonchev–Trinajstić information content (AvgIpc) is 0.795. The van der Waals surface area contributed by atoms with E-state index in [-0.39, 0.29) is 23.5 Å². The number of hydrogen-bond donors (Lipinski definition) is 0. The standard InChI is InChI=1S/5C18H25OS.5FH/c5*1-2-7-17-8-11-18(12-9-17,13-10-17)14-19-15-3-5-16(20)6-4-15;;;;;/h5*3-6H,2,7-14H2,1H3;5*1H. The molecule has 0 heterocycles. The fraction of sp³-hybridized carbons (Fsp3) is 0.667. The summed E-state index contributed by atoms with van der Waals surface area (Å²) < 4.78 is 30.3. The molecular weight excluding hydrogens is 1420 g/mol. The molecule has 0 atom stereocenters. The molecule has 15 aliphatic rings. The van der Waals surface area contributed by atoms with Gasteiger partial charge >= 0.3 is 0 Å². The number of halogens is 5. The van der Waals surface area contributed by atoms with Gasteiger partial charge in [0.2, 0.25) is 0 Å². The van der Waals surface area contributed by atoms with Crippen LogP contribution in [0.4, 0.5) is 23.5 Å². The molecule has 5 nitrogen and oxygen atoms in total. The van der Waals surface area contributed by atoms with Crippen molar-refractivity contribution in [2.75, 3.05) is 33.0 Å². The fourth-order valence-electron chi connectivity index (χ4n) is 21.2. The highest BCUT2D eigenvalue weighted by molar-refractivity contribution is 7.81. The van der Waals surface area contributed by atoms with Gasteiger partial charge in [-0.2, -0.15) is 0 Å². The molecule has 15 saturated carbocycles. The Hall–Kier alpha value is -4.15. The van der Waals surface area contributed by atoms with E-state index in [4.69, 9.17) is 86.8 Å². The third-order valence-electron chi connectivity index (χ3n) is 28.5. The van der Waals surface area contributed by atoms with Crippen LogP contribution in [0.25, 0.3) is 0 Å². The Morgan fingerprint density at radius 3 is 0.400 bits per heavy atom. The van der Waals surface area contributed by atoms with Crippen molar-refractivity contribution < 1.29 is 47.2 Å². The zero-order valence-electron chi connectivity index (χ0n) is 64.5. The van der Waals surface area contributed by atoms with Crippen LogP contribution in [0.2, 0.25) is 0 Å². The lowest BCUT2D eigenvalue weighted by Gasteiger charge is -2.53. The van der Waals surface area contributed by atoms with E-state index in [0.717, 1.165) is 86.3 Å². The van der Waals surface area contributed by atoms with Crippen molar-refractivity contribution >= 4 is 63.1 Å². The van der Waals surface area contributed by atoms with Crippen LogP contribution >= 0.6 is 63.1 Å². The molecule has 15 fully saturated rings. The second kappa shape index (κ2) is 40.2. The molecule has 15 heteroatoms. The van der Waals surface area contributed by atoms with Crippen molar-refractivity contribution in [1.29, 1.82) is 0 Å². The van der Waals surface area contributed by atoms with Crippen molar-refractivity contribution in [3.63, 3.8) is 0 Å². The molecule has 0 N–H and O–H groups in total. The second-order valence-corrected chi connectivity index (χ2v) is 37.4. The second-order valence-electron chi connectivity index (χ2n) is 35.1. The summed E-state index contributed by atoms with van der Waals surface area (Å²) in [5, 5.41) is 0. The zero-order valence-corrected chi connectivity index (χ0v) is 68.6. The molecule has 585 valence electrons. The lowest BCUT2D eigenvalue weighted by molar-refractivity contribution is -0.0401. The van der Waals surface area contributed by atoms with E-state index in [1.807, 2.05) is 121 Å². The minimum absolute atomic E-state index is 0. The molecule has 0 aliphatic heterocycles. The van der Waals surface area contributed by atoms with Crippen molar-refractivity contribution in [3.8, 4) is 28.7 Å². The first-order chi connectivity index (χ1) is 48.3. The van der Waals surface area contributed by atoms with Gasteiger partial charge in [0.25, 0.3) is 0 Å². The summed E-state index contributed by atoms with van der Waals surface area (Å²) in [6, 6.07) is 39.6. The monoisotopic (exact) mass is 1550 g/mol. The zero-order chi connectivity index (χ0) is 70.3. The first-order valence-electron chi connectivity index (χ1n) is 40.3. The molecule has 0 saturated heterocycles. The molecule has 5 radical (unpaired) electrons. The summed E-state index contributed by atoms with van der Waals surface area (Å²) in [5.41, 5.74) is 5.78. The summed E-state index contributed by atoms with van der Waals surface area (Å²) in [6.45, 7) is 16.1. The Balaban J connectivity index is 0.000000203. The van der Waals surface area contributed by atoms with Gasteiger partial charge < -0.3 is 23.7 Å². The van der Waals surface area contributed by atoms with Gasteiger partial charge in [0.05, 0.1) is 33.0 Å². The van der Waals surface area contributed by atoms with Gasteiger partial charge in [0, 0.05) is 51.6 Å². The van der Waals surface area contributed by atoms with Crippen molar-refractivity contribution in [1.82, 2.24) is 0 Å². The Morgan fingerprint density at radius 2 is 0.295 bits per heavy atom. The van der Waals surface area contributed by atoms with E-state index in [0.29, 0.717) is 54.1 Å². The molecule has 5 aromatic carbocycles. The summed E-state index contributed by atoms with van der Waals surface area (Å²) in [5.74, 6) is 4.88. The van der Waals surface area contributed by atoms with Gasteiger partial charge in [0.15, 0.2) is 0 Å². The van der Waals surface area contributed by atoms with Crippen molar-refractivity contribution in [2.24, 2.45) is 54.1 Å². The van der Waals surface area contributed by atoms with Crippen molar-refractivity contribution in [3.05, 3.63) is 121 Å². The van der Waals surface area contributed by atoms with Crippen LogP contribution in [-0.2, 0) is 0 Å². The Kier molecular flexibility index (Phi) is 34.3. The highest BCUT2D eigenvalue weighted by atomic mass is 32.1. The summed E-state index contributed by atoms with van der Waals surface area (Å²) in [6.07, 6.45) is 55.8. The van der Waals surface area contributed by atoms with E-state index in [9.17, 15) is 0 Å². The van der Waals surface area contributed by atoms with Gasteiger partial charge in [-0.1, -0.05) is 130 Å². The maximum Gasteiger partial charge on any atom is 0.119 e. The van der Waals surface area contributed by atoms with Crippen LogP contribution in [-0.4, -0.2) is 33.0 Å². The van der Waals surface area contributed by atoms with Gasteiger partial charge in [-0.05, 0) is 373 Å². The molecule has 5 aromatic rings. The van der Waals surface area contributed by atoms with Crippen LogP contribution in [0, 0.1) is 54.1 Å². The Morgan fingerprint density at radius 1 is 0.190 bits per heavy atom. The minimum atomic E-state index is 0. The predicted molar refractivity (Wildman–Crippen MR) is 439 cm³/mol. The van der Waals surface area contributed by atoms with Gasteiger partial charge in [-0.15, -0.1) is 0 Å². The van der Waals surface area contributed by atoms with E-state index in [1.54, 1.807) is 0 Å². The van der Waals surface area contributed by atoms with Crippen molar-refractivity contribution in [2.45, 2.75) is 316 Å². The molecule has 0 spiro atoms. The number of hydrogen-bond acceptors (Lipinski definition) is 5. The average molecular weight is 1550 g/mol. The maximum atomic E-state index is 6.07. The topological polar surface area (TPSA) is 46.2 Å². The third-order valence-corrected chi connectivity index (χ3v) is 29.9. The first-order valence-corrected chi connectivity index (χ1v) is 42.3. The largest absolute Gasteiger partial charge is 0.493 e. The highest BCUT2D eigenvalue weighted by Gasteiger charge is 2.53. The van der Waals surface area contributed by atoms with Crippen LogP contribution in [0.15, 0.2) is 146 Å². The lowest BCUT2D eigenvalue weighted by atomic mass is 9.53. The fourth-order valence-corrected chi connectivity index (χ4v) is 21.9. The van der Waals surface area contributed by atoms with E-state index >= 15 is 0 Å². The number of ether oxygens (including phenoxy) is 5. The number of rotatable bonds is 25. The molecule has 15 aliphatic carbocycles. The van der Waals surface area contributed by atoms with Crippen LogP contribution < -0.4 is 23.7 Å². The van der Waals surface area contributed by atoms with E-state index in [2.05, 4.69) is 34.6 Å². The van der Waals surface area contributed by atoms with Gasteiger partial charge in [-0.25, -0.2) is 0 Å². The third kappa shape index (κ3) is 23.7. The van der Waals surface area contributed by atoms with E-state index < -0.39 is 0 Å². The normalized spacial score (nSPS) is 30.7. The minimum Gasteiger partial charge on any atom is -0.493 e. The molecule has 20 rings (SSSR count). The Bertz CT molecular complexity index is 2670. The molecule has 0 aromatic heterocycles. The number of fused-ring (bicyclic) bond motifs is 15. The SMILES string of the molecule is CCCC12CCC(COc3ccc([S])cc3)(CC1)CC2.CCCC12CCC(COc3ccc([S])cc3)(CC1)CC2.CCCC12CCC(COc3ccc([S])cc3)(CC1)CC2.CCCC12CCC(COc3ccc([S])cc3)(CC1)CC2.CCCC12CCC(COc3ccc([S])cc3)(CC1)CC2.F.F.F.F.F. The van der Waals surface area contributed by atoms with E-state index in [1.165, 1.54) is 257 Å². The Labute approximate surface area is 659 Å². The summed E-state index contributed by atoms with van der Waals surface area (Å²) in [7, 11) is 0. The smallest absolute Gasteiger partial charge is 0.119 e. The van der Waals surface area contributed by atoms with Gasteiger partial charge in [0.1, 0.15) is 28.7 Å². The molecule has 10 bridgehead atoms. The van der Waals surface area contributed by atoms with Crippen LogP contribution in [0.1, 0.15) is 291 Å². The van der Waals surface area contributed by atoms with Gasteiger partial charge in [-0.3, -0.25) is 23.5 Å². The predicted octanol–water partition coefficient (Wildman–Crippen LogP) is 29.6. The lowest BCUT2D eigenvalue weighted by Crippen LogP contribution is -2.44. The van der Waals surface area contributed by atoms with Crippen LogP contribution in [0.3, 0.4) is 0 Å². The molecule has 0 amide bonds. The summed E-state index contributed by atoms with van der Waals surface area (Å²) >= 11 is 25.6. The summed E-state index contributed by atoms with van der Waals surface area (Å²) in [4.78, 5) is 4.42. The first kappa shape index (κ1) is 89.7. The molecule has 105 heavy (non-hydrogen) atoms. The molecular formula is C90H130F5O5S5. The number of benzene rings is 5. The highest BCUT2D eigenvalue weighted by Crippen LogP contribution is 2.63. The van der Waals surface area contributed by atoms with Crippen LogP contribution in [0.5, 0.6) is 28.7 Å². The molecule has 0 unspecified atom stereocenters.